The van der Waals surface area contributed by atoms with Crippen molar-refractivity contribution in [1.29, 1.82) is 0 Å². The van der Waals surface area contributed by atoms with Crippen molar-refractivity contribution in [3.8, 4) is 0 Å². The van der Waals surface area contributed by atoms with Crippen molar-refractivity contribution in [3.63, 3.8) is 0 Å². The van der Waals surface area contributed by atoms with Gasteiger partial charge in [-0.3, -0.25) is 4.90 Å². The molecule has 0 amide bonds. The molecule has 2 heteroatoms. The molecular formula is C18H30N2. The molecule has 0 radical (unpaired) electrons. The van der Waals surface area contributed by atoms with E-state index in [1.165, 1.54) is 36.8 Å². The molecule has 2 N–H and O–H groups in total. The highest BCUT2D eigenvalue weighted by molar-refractivity contribution is 5.21. The van der Waals surface area contributed by atoms with Crippen LogP contribution in [0.25, 0.3) is 0 Å². The van der Waals surface area contributed by atoms with Crippen LogP contribution in [-0.2, 0) is 6.54 Å². The third kappa shape index (κ3) is 3.83. The van der Waals surface area contributed by atoms with Gasteiger partial charge in [-0.1, -0.05) is 49.6 Å². The normalized spacial score (nSPS) is 26.9. The van der Waals surface area contributed by atoms with Gasteiger partial charge in [-0.15, -0.1) is 0 Å². The second-order valence-corrected chi connectivity index (χ2v) is 6.55. The summed E-state index contributed by atoms with van der Waals surface area (Å²) < 4.78 is 0. The van der Waals surface area contributed by atoms with E-state index in [0.29, 0.717) is 12.0 Å². The van der Waals surface area contributed by atoms with Crippen molar-refractivity contribution in [2.24, 2.45) is 17.6 Å². The van der Waals surface area contributed by atoms with E-state index in [9.17, 15) is 0 Å². The predicted octanol–water partition coefficient (Wildman–Crippen LogP) is 3.58. The largest absolute Gasteiger partial charge is 0.330 e. The number of hydrogen-bond donors (Lipinski definition) is 1. The molecule has 112 valence electrons. The summed E-state index contributed by atoms with van der Waals surface area (Å²) in [6.07, 6.45) is 5.30. The van der Waals surface area contributed by atoms with Gasteiger partial charge in [-0.05, 0) is 50.8 Å². The van der Waals surface area contributed by atoms with E-state index in [2.05, 4.69) is 50.1 Å². The van der Waals surface area contributed by atoms with Gasteiger partial charge in [0.25, 0.3) is 0 Å². The molecule has 0 heterocycles. The van der Waals surface area contributed by atoms with Crippen LogP contribution in [0.4, 0.5) is 0 Å². The van der Waals surface area contributed by atoms with Crippen molar-refractivity contribution >= 4 is 0 Å². The maximum atomic E-state index is 6.00. The molecule has 3 unspecified atom stereocenters. The maximum absolute atomic E-state index is 6.00. The Bertz CT molecular complexity index is 398. The Kier molecular flexibility index (Phi) is 5.62. The van der Waals surface area contributed by atoms with Crippen molar-refractivity contribution in [1.82, 2.24) is 4.90 Å². The van der Waals surface area contributed by atoms with Gasteiger partial charge in [0.05, 0.1) is 0 Å². The second-order valence-electron chi connectivity index (χ2n) is 6.55. The number of nitrogens with two attached hydrogens (primary N) is 1. The monoisotopic (exact) mass is 274 g/mol. The molecule has 20 heavy (non-hydrogen) atoms. The molecule has 0 aromatic heterocycles. The van der Waals surface area contributed by atoms with Crippen molar-refractivity contribution in [2.75, 3.05) is 13.6 Å². The lowest BCUT2D eigenvalue weighted by atomic mass is 9.76. The molecule has 1 aromatic carbocycles. The fourth-order valence-corrected chi connectivity index (χ4v) is 3.58. The standard InChI is InChI=1S/C18H30N2/c1-4-15-9-10-17(12-19)18(11-15)20(3)13-16-7-5-14(2)6-8-16/h5-8,15,17-18H,4,9-13,19H2,1-3H3. The molecule has 1 aliphatic rings. The zero-order chi connectivity index (χ0) is 14.5. The second kappa shape index (κ2) is 7.24. The molecule has 2 rings (SSSR count). The van der Waals surface area contributed by atoms with Gasteiger partial charge in [-0.25, -0.2) is 0 Å². The van der Waals surface area contributed by atoms with E-state index < -0.39 is 0 Å². The topological polar surface area (TPSA) is 29.3 Å². The lowest BCUT2D eigenvalue weighted by Gasteiger charge is -2.41. The third-order valence-corrected chi connectivity index (χ3v) is 5.06. The summed E-state index contributed by atoms with van der Waals surface area (Å²) in [6.45, 7) is 6.34. The first-order valence-corrected chi connectivity index (χ1v) is 8.09. The summed E-state index contributed by atoms with van der Waals surface area (Å²) in [7, 11) is 2.27. The van der Waals surface area contributed by atoms with Crippen LogP contribution < -0.4 is 5.73 Å². The van der Waals surface area contributed by atoms with E-state index >= 15 is 0 Å². The van der Waals surface area contributed by atoms with Gasteiger partial charge in [0.15, 0.2) is 0 Å². The Morgan fingerprint density at radius 2 is 1.90 bits per heavy atom. The van der Waals surface area contributed by atoms with Crippen LogP contribution in [0.3, 0.4) is 0 Å². The first-order chi connectivity index (χ1) is 9.63. The summed E-state index contributed by atoms with van der Waals surface area (Å²) in [5.41, 5.74) is 8.75. The van der Waals surface area contributed by atoms with Crippen molar-refractivity contribution in [3.05, 3.63) is 35.4 Å². The van der Waals surface area contributed by atoms with Gasteiger partial charge >= 0.3 is 0 Å². The van der Waals surface area contributed by atoms with E-state index in [1.54, 1.807) is 0 Å². The zero-order valence-electron chi connectivity index (χ0n) is 13.3. The number of rotatable bonds is 5. The van der Waals surface area contributed by atoms with Gasteiger partial charge in [-0.2, -0.15) is 0 Å². The molecule has 1 fully saturated rings. The summed E-state index contributed by atoms with van der Waals surface area (Å²) in [5.74, 6) is 1.57. The first kappa shape index (κ1) is 15.5. The van der Waals surface area contributed by atoms with Crippen LogP contribution in [-0.4, -0.2) is 24.5 Å². The quantitative estimate of drug-likeness (QED) is 0.889. The lowest BCUT2D eigenvalue weighted by molar-refractivity contribution is 0.0965. The first-order valence-electron chi connectivity index (χ1n) is 8.09. The smallest absolute Gasteiger partial charge is 0.0233 e. The molecule has 0 saturated heterocycles. The Morgan fingerprint density at radius 1 is 1.20 bits per heavy atom. The van der Waals surface area contributed by atoms with Crippen molar-refractivity contribution in [2.45, 2.75) is 52.1 Å². The third-order valence-electron chi connectivity index (χ3n) is 5.06. The molecule has 3 atom stereocenters. The number of hydrogen-bond acceptors (Lipinski definition) is 2. The van der Waals surface area contributed by atoms with E-state index in [4.69, 9.17) is 5.73 Å². The van der Waals surface area contributed by atoms with Crippen molar-refractivity contribution < 1.29 is 0 Å². The number of benzene rings is 1. The Labute approximate surface area is 124 Å². The van der Waals surface area contributed by atoms with E-state index in [-0.39, 0.29) is 0 Å². The molecule has 0 spiro atoms. The summed E-state index contributed by atoms with van der Waals surface area (Å²) in [5, 5.41) is 0. The SMILES string of the molecule is CCC1CCC(CN)C(N(C)Cc2ccc(C)cc2)C1. The summed E-state index contributed by atoms with van der Waals surface area (Å²) in [4.78, 5) is 2.53. The van der Waals surface area contributed by atoms with Crippen LogP contribution >= 0.6 is 0 Å². The van der Waals surface area contributed by atoms with Crippen LogP contribution in [0, 0.1) is 18.8 Å². The highest BCUT2D eigenvalue weighted by atomic mass is 15.1. The van der Waals surface area contributed by atoms with E-state index in [1.807, 2.05) is 0 Å². The molecule has 1 saturated carbocycles. The lowest BCUT2D eigenvalue weighted by Crippen LogP contribution is -2.44. The van der Waals surface area contributed by atoms with Gasteiger partial charge in [0.2, 0.25) is 0 Å². The predicted molar refractivity (Wildman–Crippen MR) is 86.6 cm³/mol. The molecule has 0 aliphatic heterocycles. The molecule has 1 aromatic rings. The van der Waals surface area contributed by atoms with E-state index in [0.717, 1.165) is 19.0 Å². The average molecular weight is 274 g/mol. The highest BCUT2D eigenvalue weighted by Crippen LogP contribution is 2.33. The molecule has 2 nitrogen and oxygen atoms in total. The summed E-state index contributed by atoms with van der Waals surface area (Å²) >= 11 is 0. The highest BCUT2D eigenvalue weighted by Gasteiger charge is 2.31. The molecular weight excluding hydrogens is 244 g/mol. The minimum Gasteiger partial charge on any atom is -0.330 e. The van der Waals surface area contributed by atoms with Crippen LogP contribution in [0.2, 0.25) is 0 Å². The van der Waals surface area contributed by atoms with Gasteiger partial charge < -0.3 is 5.73 Å². The van der Waals surface area contributed by atoms with Crippen LogP contribution in [0.15, 0.2) is 24.3 Å². The van der Waals surface area contributed by atoms with Gasteiger partial charge in [0.1, 0.15) is 0 Å². The number of nitrogens with zero attached hydrogens (tertiary/aromatic N) is 1. The van der Waals surface area contributed by atoms with Gasteiger partial charge in [0, 0.05) is 12.6 Å². The Hall–Kier alpha value is -0.860. The minimum absolute atomic E-state index is 0.653. The number of aryl methyl sites for hydroxylation is 1. The fourth-order valence-electron chi connectivity index (χ4n) is 3.58. The van der Waals surface area contributed by atoms with Crippen LogP contribution in [0.1, 0.15) is 43.7 Å². The Balaban J connectivity index is 2.01. The fraction of sp³-hybridized carbons (Fsp3) is 0.667. The minimum atomic E-state index is 0.653. The maximum Gasteiger partial charge on any atom is 0.0233 e. The summed E-state index contributed by atoms with van der Waals surface area (Å²) in [6, 6.07) is 9.57. The Morgan fingerprint density at radius 3 is 2.50 bits per heavy atom. The average Bonchev–Trinajstić information content (AvgIpc) is 2.48. The molecule has 0 bridgehead atoms. The zero-order valence-corrected chi connectivity index (χ0v) is 13.3. The van der Waals surface area contributed by atoms with Crippen LogP contribution in [0.5, 0.6) is 0 Å². The molecule has 1 aliphatic carbocycles.